The fourth-order valence-electron chi connectivity index (χ4n) is 1.26. The van der Waals surface area contributed by atoms with Gasteiger partial charge in [-0.25, -0.2) is 4.98 Å². The molecule has 0 saturated carbocycles. The Balaban J connectivity index is 2.61. The van der Waals surface area contributed by atoms with Gasteiger partial charge >= 0.3 is 0 Å². The number of aliphatic hydroxyl groups is 1. The SMILES string of the molecule is CCN(C(C)=O)c1nc(CSC(C)CO)cs1. The Morgan fingerprint density at radius 2 is 2.41 bits per heavy atom. The zero-order valence-electron chi connectivity index (χ0n) is 10.3. The third-order valence-corrected chi connectivity index (χ3v) is 4.33. The maximum atomic E-state index is 11.4. The lowest BCUT2D eigenvalue weighted by Gasteiger charge is -2.14. The summed E-state index contributed by atoms with van der Waals surface area (Å²) < 4.78 is 0. The van der Waals surface area contributed by atoms with Crippen LogP contribution in [-0.2, 0) is 10.5 Å². The van der Waals surface area contributed by atoms with Crippen molar-refractivity contribution in [3.63, 3.8) is 0 Å². The molecule has 0 saturated heterocycles. The number of amides is 1. The van der Waals surface area contributed by atoms with E-state index in [0.717, 1.165) is 16.6 Å². The molecule has 1 aromatic heterocycles. The fraction of sp³-hybridized carbons (Fsp3) is 0.636. The van der Waals surface area contributed by atoms with Crippen LogP contribution in [0.5, 0.6) is 0 Å². The van der Waals surface area contributed by atoms with E-state index in [1.807, 2.05) is 19.2 Å². The first-order valence-corrected chi connectivity index (χ1v) is 7.46. The first-order valence-electron chi connectivity index (χ1n) is 5.53. The van der Waals surface area contributed by atoms with Gasteiger partial charge in [0.1, 0.15) is 0 Å². The van der Waals surface area contributed by atoms with Gasteiger partial charge in [-0.1, -0.05) is 6.92 Å². The third-order valence-electron chi connectivity index (χ3n) is 2.24. The molecule has 1 N–H and O–H groups in total. The summed E-state index contributed by atoms with van der Waals surface area (Å²) in [6, 6.07) is 0. The smallest absolute Gasteiger partial charge is 0.225 e. The van der Waals surface area contributed by atoms with Crippen LogP contribution in [0.3, 0.4) is 0 Å². The second-order valence-corrected chi connectivity index (χ2v) is 5.95. The third kappa shape index (κ3) is 4.29. The van der Waals surface area contributed by atoms with Crippen molar-refractivity contribution in [2.24, 2.45) is 0 Å². The number of anilines is 1. The molecule has 1 heterocycles. The van der Waals surface area contributed by atoms with E-state index in [1.165, 1.54) is 11.3 Å². The molecule has 1 amide bonds. The molecule has 17 heavy (non-hydrogen) atoms. The molecule has 0 aromatic carbocycles. The molecule has 0 aliphatic carbocycles. The van der Waals surface area contributed by atoms with E-state index in [-0.39, 0.29) is 17.8 Å². The minimum absolute atomic E-state index is 0.0183. The average Bonchev–Trinajstić information content (AvgIpc) is 2.75. The van der Waals surface area contributed by atoms with Crippen molar-refractivity contribution in [1.82, 2.24) is 4.98 Å². The highest BCUT2D eigenvalue weighted by molar-refractivity contribution is 7.99. The summed E-state index contributed by atoms with van der Waals surface area (Å²) >= 11 is 3.15. The van der Waals surface area contributed by atoms with Crippen LogP contribution in [0.4, 0.5) is 5.13 Å². The summed E-state index contributed by atoms with van der Waals surface area (Å²) in [5.41, 5.74) is 0.968. The molecule has 0 fully saturated rings. The summed E-state index contributed by atoms with van der Waals surface area (Å²) in [4.78, 5) is 17.4. The summed E-state index contributed by atoms with van der Waals surface area (Å²) in [5, 5.41) is 11.9. The van der Waals surface area contributed by atoms with Gasteiger partial charge < -0.3 is 5.11 Å². The number of rotatable bonds is 6. The first kappa shape index (κ1) is 14.5. The van der Waals surface area contributed by atoms with Gasteiger partial charge in [-0.2, -0.15) is 0 Å². The van der Waals surface area contributed by atoms with E-state index in [1.54, 1.807) is 23.6 Å². The normalized spacial score (nSPS) is 12.5. The second-order valence-electron chi connectivity index (χ2n) is 3.69. The Bertz CT molecular complexity index is 368. The van der Waals surface area contributed by atoms with Gasteiger partial charge in [-0.3, -0.25) is 9.69 Å². The molecule has 0 aliphatic rings. The minimum atomic E-state index is 0.0183. The van der Waals surface area contributed by atoms with E-state index in [2.05, 4.69) is 4.98 Å². The molecule has 4 nitrogen and oxygen atoms in total. The largest absolute Gasteiger partial charge is 0.395 e. The van der Waals surface area contributed by atoms with Gasteiger partial charge in [0, 0.05) is 29.9 Å². The summed E-state index contributed by atoms with van der Waals surface area (Å²) in [6.45, 7) is 6.28. The lowest BCUT2D eigenvalue weighted by atomic mass is 10.5. The van der Waals surface area contributed by atoms with Crippen molar-refractivity contribution in [3.05, 3.63) is 11.1 Å². The fourth-order valence-corrected chi connectivity index (χ4v) is 3.01. The molecule has 1 aromatic rings. The predicted octanol–water partition coefficient (Wildman–Crippen LogP) is 2.13. The highest BCUT2D eigenvalue weighted by atomic mass is 32.2. The molecule has 0 spiro atoms. The quantitative estimate of drug-likeness (QED) is 0.863. The maximum absolute atomic E-state index is 11.4. The molecule has 1 rings (SSSR count). The van der Waals surface area contributed by atoms with E-state index in [0.29, 0.717) is 6.54 Å². The van der Waals surface area contributed by atoms with Crippen LogP contribution in [-0.4, -0.2) is 34.4 Å². The summed E-state index contributed by atoms with van der Waals surface area (Å²) in [6.07, 6.45) is 0. The van der Waals surface area contributed by atoms with E-state index >= 15 is 0 Å². The zero-order valence-corrected chi connectivity index (χ0v) is 12.0. The Morgan fingerprint density at radius 3 is 2.94 bits per heavy atom. The Hall–Kier alpha value is -0.590. The van der Waals surface area contributed by atoms with Crippen molar-refractivity contribution in [3.8, 4) is 0 Å². The standard InChI is InChI=1S/C11H18N2O2S2/c1-4-13(9(3)15)11-12-10(7-17-11)6-16-8(2)5-14/h7-8,14H,4-6H2,1-3H3. The molecule has 6 heteroatoms. The number of aliphatic hydroxyl groups excluding tert-OH is 1. The monoisotopic (exact) mass is 274 g/mol. The van der Waals surface area contributed by atoms with Crippen LogP contribution in [0.25, 0.3) is 0 Å². The molecular weight excluding hydrogens is 256 g/mol. The minimum Gasteiger partial charge on any atom is -0.395 e. The molecule has 0 aliphatic heterocycles. The van der Waals surface area contributed by atoms with Crippen LogP contribution in [0, 0.1) is 0 Å². The van der Waals surface area contributed by atoms with Gasteiger partial charge in [-0.15, -0.1) is 23.1 Å². The summed E-state index contributed by atoms with van der Waals surface area (Å²) in [5.74, 6) is 0.790. The van der Waals surface area contributed by atoms with Crippen LogP contribution in [0.1, 0.15) is 26.5 Å². The van der Waals surface area contributed by atoms with Gasteiger partial charge in [0.2, 0.25) is 5.91 Å². The molecule has 1 unspecified atom stereocenters. The van der Waals surface area contributed by atoms with Gasteiger partial charge in [-0.05, 0) is 6.92 Å². The molecule has 0 bridgehead atoms. The number of hydrogen-bond acceptors (Lipinski definition) is 5. The number of thioether (sulfide) groups is 1. The van der Waals surface area contributed by atoms with E-state index in [4.69, 9.17) is 5.11 Å². The van der Waals surface area contributed by atoms with Crippen molar-refractivity contribution >= 4 is 34.1 Å². The molecule has 0 radical (unpaired) electrons. The average molecular weight is 274 g/mol. The Morgan fingerprint density at radius 1 is 1.71 bits per heavy atom. The number of aromatic nitrogens is 1. The topological polar surface area (TPSA) is 53.4 Å². The lowest BCUT2D eigenvalue weighted by molar-refractivity contribution is -0.116. The van der Waals surface area contributed by atoms with Crippen molar-refractivity contribution in [2.45, 2.75) is 31.8 Å². The number of hydrogen-bond donors (Lipinski definition) is 1. The molecular formula is C11H18N2O2S2. The Kier molecular flexibility index (Phi) is 5.94. The van der Waals surface area contributed by atoms with Crippen molar-refractivity contribution < 1.29 is 9.90 Å². The predicted molar refractivity (Wildman–Crippen MR) is 73.7 cm³/mol. The second kappa shape index (κ2) is 6.98. The maximum Gasteiger partial charge on any atom is 0.225 e. The molecule has 1 atom stereocenters. The highest BCUT2D eigenvalue weighted by Crippen LogP contribution is 2.24. The van der Waals surface area contributed by atoms with Crippen LogP contribution >= 0.6 is 23.1 Å². The lowest BCUT2D eigenvalue weighted by Crippen LogP contribution is -2.27. The van der Waals surface area contributed by atoms with Crippen molar-refractivity contribution in [1.29, 1.82) is 0 Å². The van der Waals surface area contributed by atoms with Crippen LogP contribution in [0.2, 0.25) is 0 Å². The number of carbonyl (C=O) groups is 1. The van der Waals surface area contributed by atoms with E-state index in [9.17, 15) is 4.79 Å². The van der Waals surface area contributed by atoms with E-state index < -0.39 is 0 Å². The van der Waals surface area contributed by atoms with Crippen LogP contribution in [0.15, 0.2) is 5.38 Å². The number of carbonyl (C=O) groups excluding carboxylic acids is 1. The highest BCUT2D eigenvalue weighted by Gasteiger charge is 2.13. The van der Waals surface area contributed by atoms with Crippen LogP contribution < -0.4 is 4.90 Å². The number of nitrogens with zero attached hydrogens (tertiary/aromatic N) is 2. The number of thiazole rings is 1. The van der Waals surface area contributed by atoms with Crippen molar-refractivity contribution in [2.75, 3.05) is 18.1 Å². The van der Waals surface area contributed by atoms with Gasteiger partial charge in [0.05, 0.1) is 12.3 Å². The molecule has 96 valence electrons. The van der Waals surface area contributed by atoms with Gasteiger partial charge in [0.15, 0.2) is 5.13 Å². The zero-order chi connectivity index (χ0) is 12.8. The van der Waals surface area contributed by atoms with Gasteiger partial charge in [0.25, 0.3) is 0 Å². The summed E-state index contributed by atoms with van der Waals surface area (Å²) in [7, 11) is 0. The Labute approximate surface area is 110 Å². The first-order chi connectivity index (χ1) is 8.08.